The van der Waals surface area contributed by atoms with Gasteiger partial charge in [-0.2, -0.15) is 0 Å². The second-order valence-corrected chi connectivity index (χ2v) is 6.79. The largest absolute Gasteiger partial charge is 0.394 e. The van der Waals surface area contributed by atoms with Gasteiger partial charge in [-0.15, -0.1) is 0 Å². The molecule has 4 nitrogen and oxygen atoms in total. The van der Waals surface area contributed by atoms with Gasteiger partial charge in [-0.25, -0.2) is 8.42 Å². The number of aliphatic hydroxyl groups excluding tert-OH is 1. The summed E-state index contributed by atoms with van der Waals surface area (Å²) in [7, 11) is -3.22. The smallest absolute Gasteiger partial charge is 0.180 e. The Morgan fingerprint density at radius 2 is 2.11 bits per heavy atom. The zero-order valence-electron chi connectivity index (χ0n) is 10.5. The molecule has 5 heteroatoms. The second kappa shape index (κ2) is 5.28. The number of rotatable bonds is 4. The van der Waals surface area contributed by atoms with Crippen molar-refractivity contribution in [2.75, 3.05) is 23.8 Å². The molecule has 0 radical (unpaired) electrons. The zero-order valence-corrected chi connectivity index (χ0v) is 11.4. The Labute approximate surface area is 108 Å². The Kier molecular flexibility index (Phi) is 3.92. The normalized spacial score (nSPS) is 20.3. The van der Waals surface area contributed by atoms with Gasteiger partial charge in [0, 0.05) is 6.54 Å². The lowest BCUT2D eigenvalue weighted by atomic mass is 10.2. The van der Waals surface area contributed by atoms with Crippen LogP contribution in [0.15, 0.2) is 29.2 Å². The number of benzene rings is 1. The third-order valence-electron chi connectivity index (χ3n) is 3.48. The van der Waals surface area contributed by atoms with Crippen LogP contribution in [0.2, 0.25) is 0 Å². The summed E-state index contributed by atoms with van der Waals surface area (Å²) in [6, 6.07) is 7.11. The van der Waals surface area contributed by atoms with E-state index in [-0.39, 0.29) is 18.4 Å². The highest BCUT2D eigenvalue weighted by atomic mass is 32.2. The van der Waals surface area contributed by atoms with Crippen molar-refractivity contribution in [3.05, 3.63) is 24.3 Å². The van der Waals surface area contributed by atoms with Gasteiger partial charge in [0.2, 0.25) is 0 Å². The number of anilines is 1. The van der Waals surface area contributed by atoms with Gasteiger partial charge in [0.15, 0.2) is 9.84 Å². The fourth-order valence-corrected chi connectivity index (χ4v) is 3.56. The van der Waals surface area contributed by atoms with Gasteiger partial charge in [-0.1, -0.05) is 19.1 Å². The maximum atomic E-state index is 12.1. The lowest BCUT2D eigenvalue weighted by molar-refractivity contribution is 0.266. The molecule has 0 aliphatic carbocycles. The van der Waals surface area contributed by atoms with E-state index in [9.17, 15) is 13.5 Å². The first-order valence-electron chi connectivity index (χ1n) is 6.29. The van der Waals surface area contributed by atoms with Crippen LogP contribution in [0.4, 0.5) is 5.69 Å². The number of hydrogen-bond donors (Lipinski definition) is 1. The van der Waals surface area contributed by atoms with Crippen LogP contribution in [0.25, 0.3) is 0 Å². The van der Waals surface area contributed by atoms with Crippen LogP contribution in [0.1, 0.15) is 19.8 Å². The fourth-order valence-electron chi connectivity index (χ4n) is 2.46. The maximum absolute atomic E-state index is 12.1. The van der Waals surface area contributed by atoms with E-state index in [0.717, 1.165) is 25.1 Å². The SMILES string of the molecule is CCS(=O)(=O)c1ccccc1N1CCCC1CO. The summed E-state index contributed by atoms with van der Waals surface area (Å²) in [6.45, 7) is 2.53. The average molecular weight is 269 g/mol. The highest BCUT2D eigenvalue weighted by Gasteiger charge is 2.28. The molecule has 1 heterocycles. The average Bonchev–Trinajstić information content (AvgIpc) is 2.87. The number of sulfone groups is 1. The number of aliphatic hydroxyl groups is 1. The molecule has 0 aromatic heterocycles. The van der Waals surface area contributed by atoms with Gasteiger partial charge in [0.05, 0.1) is 29.0 Å². The molecule has 0 spiro atoms. The standard InChI is InChI=1S/C13H19NO3S/c1-2-18(16,17)13-8-4-3-7-12(13)14-9-5-6-11(14)10-15/h3-4,7-8,11,15H,2,5-6,9-10H2,1H3. The summed E-state index contributed by atoms with van der Waals surface area (Å²) in [5.41, 5.74) is 0.732. The van der Waals surface area contributed by atoms with Crippen LogP contribution in [-0.4, -0.2) is 38.5 Å². The highest BCUT2D eigenvalue weighted by Crippen LogP contribution is 2.31. The monoisotopic (exact) mass is 269 g/mol. The molecule has 1 aliphatic rings. The molecule has 0 saturated carbocycles. The third-order valence-corrected chi connectivity index (χ3v) is 5.25. The molecule has 0 amide bonds. The molecule has 0 bridgehead atoms. The minimum atomic E-state index is -3.22. The molecule has 1 saturated heterocycles. The summed E-state index contributed by atoms with van der Waals surface area (Å²) in [5, 5.41) is 9.36. The summed E-state index contributed by atoms with van der Waals surface area (Å²) < 4.78 is 24.2. The van der Waals surface area contributed by atoms with E-state index in [2.05, 4.69) is 0 Å². The molecule has 1 aromatic carbocycles. The molecule has 1 N–H and O–H groups in total. The first kappa shape index (κ1) is 13.4. The van der Waals surface area contributed by atoms with Crippen molar-refractivity contribution in [2.45, 2.75) is 30.7 Å². The summed E-state index contributed by atoms with van der Waals surface area (Å²) in [5.74, 6) is 0.0989. The van der Waals surface area contributed by atoms with E-state index in [1.807, 2.05) is 17.0 Å². The molecular formula is C13H19NO3S. The van der Waals surface area contributed by atoms with E-state index < -0.39 is 9.84 Å². The lowest BCUT2D eigenvalue weighted by Crippen LogP contribution is -2.33. The van der Waals surface area contributed by atoms with Gasteiger partial charge in [0.25, 0.3) is 0 Å². The zero-order chi connectivity index (χ0) is 13.2. The summed E-state index contributed by atoms with van der Waals surface area (Å²) in [4.78, 5) is 2.40. The predicted molar refractivity (Wildman–Crippen MR) is 71.6 cm³/mol. The minimum absolute atomic E-state index is 0.0400. The number of para-hydroxylation sites is 1. The molecular weight excluding hydrogens is 250 g/mol. The maximum Gasteiger partial charge on any atom is 0.180 e. The van der Waals surface area contributed by atoms with Crippen molar-refractivity contribution >= 4 is 15.5 Å². The van der Waals surface area contributed by atoms with Crippen molar-refractivity contribution in [3.63, 3.8) is 0 Å². The van der Waals surface area contributed by atoms with E-state index in [0.29, 0.717) is 4.90 Å². The van der Waals surface area contributed by atoms with Gasteiger partial charge < -0.3 is 10.0 Å². The first-order valence-corrected chi connectivity index (χ1v) is 7.94. The van der Waals surface area contributed by atoms with Crippen LogP contribution in [0.5, 0.6) is 0 Å². The molecule has 1 aromatic rings. The van der Waals surface area contributed by atoms with Crippen molar-refractivity contribution in [1.82, 2.24) is 0 Å². The number of nitrogens with zero attached hydrogens (tertiary/aromatic N) is 1. The van der Waals surface area contributed by atoms with E-state index >= 15 is 0 Å². The summed E-state index contributed by atoms with van der Waals surface area (Å²) in [6.07, 6.45) is 1.91. The Bertz CT molecular complexity index is 513. The van der Waals surface area contributed by atoms with Gasteiger partial charge in [-0.05, 0) is 25.0 Å². The minimum Gasteiger partial charge on any atom is -0.394 e. The summed E-state index contributed by atoms with van der Waals surface area (Å²) >= 11 is 0. The number of hydrogen-bond acceptors (Lipinski definition) is 4. The molecule has 1 unspecified atom stereocenters. The van der Waals surface area contributed by atoms with Crippen LogP contribution < -0.4 is 4.90 Å². The Morgan fingerprint density at radius 1 is 1.39 bits per heavy atom. The molecule has 1 fully saturated rings. The molecule has 1 atom stereocenters. The van der Waals surface area contributed by atoms with Crippen molar-refractivity contribution < 1.29 is 13.5 Å². The van der Waals surface area contributed by atoms with E-state index in [1.54, 1.807) is 19.1 Å². The van der Waals surface area contributed by atoms with Crippen molar-refractivity contribution in [2.24, 2.45) is 0 Å². The lowest BCUT2D eigenvalue weighted by Gasteiger charge is -2.27. The van der Waals surface area contributed by atoms with Gasteiger partial charge >= 0.3 is 0 Å². The van der Waals surface area contributed by atoms with Crippen LogP contribution in [0, 0.1) is 0 Å². The molecule has 18 heavy (non-hydrogen) atoms. The predicted octanol–water partition coefficient (Wildman–Crippen LogP) is 1.44. The Morgan fingerprint density at radius 3 is 2.78 bits per heavy atom. The quantitative estimate of drug-likeness (QED) is 0.898. The van der Waals surface area contributed by atoms with Crippen LogP contribution >= 0.6 is 0 Å². The van der Waals surface area contributed by atoms with Crippen LogP contribution in [-0.2, 0) is 9.84 Å². The fraction of sp³-hybridized carbons (Fsp3) is 0.538. The van der Waals surface area contributed by atoms with E-state index in [4.69, 9.17) is 0 Å². The van der Waals surface area contributed by atoms with Gasteiger partial charge in [-0.3, -0.25) is 0 Å². The molecule has 1 aliphatic heterocycles. The van der Waals surface area contributed by atoms with Crippen LogP contribution in [0.3, 0.4) is 0 Å². The van der Waals surface area contributed by atoms with Gasteiger partial charge in [0.1, 0.15) is 0 Å². The topological polar surface area (TPSA) is 57.6 Å². The second-order valence-electron chi connectivity index (χ2n) is 4.54. The van der Waals surface area contributed by atoms with Crippen molar-refractivity contribution in [1.29, 1.82) is 0 Å². The third kappa shape index (κ3) is 2.37. The first-order chi connectivity index (χ1) is 8.60. The Balaban J connectivity index is 2.45. The Hall–Kier alpha value is -1.07. The van der Waals surface area contributed by atoms with Crippen molar-refractivity contribution in [3.8, 4) is 0 Å². The molecule has 2 rings (SSSR count). The highest BCUT2D eigenvalue weighted by molar-refractivity contribution is 7.91. The van der Waals surface area contributed by atoms with E-state index in [1.165, 1.54) is 0 Å². The molecule has 100 valence electrons.